The summed E-state index contributed by atoms with van der Waals surface area (Å²) in [5, 5.41) is 8.18. The molecule has 1 atom stereocenters. The van der Waals surface area contributed by atoms with Gasteiger partial charge in [0.05, 0.1) is 6.54 Å². The first-order valence-electron chi connectivity index (χ1n) is 10.2. The number of hydrogen-bond acceptors (Lipinski definition) is 5. The molecule has 2 aliphatic heterocycles. The zero-order chi connectivity index (χ0) is 20.1. The molecule has 1 aromatic carbocycles. The van der Waals surface area contributed by atoms with Gasteiger partial charge in [-0.05, 0) is 37.6 Å². The van der Waals surface area contributed by atoms with Crippen molar-refractivity contribution in [3.63, 3.8) is 0 Å². The van der Waals surface area contributed by atoms with Crippen molar-refractivity contribution in [2.75, 3.05) is 39.3 Å². The summed E-state index contributed by atoms with van der Waals surface area (Å²) in [6, 6.07) is 8.02. The molecule has 1 aromatic heterocycles. The van der Waals surface area contributed by atoms with Gasteiger partial charge in [0.2, 0.25) is 11.7 Å². The Morgan fingerprint density at radius 2 is 2.07 bits per heavy atom. The lowest BCUT2D eigenvalue weighted by molar-refractivity contribution is 0.259. The van der Waals surface area contributed by atoms with Gasteiger partial charge in [0.15, 0.2) is 5.96 Å². The van der Waals surface area contributed by atoms with Crippen LogP contribution in [0.4, 0.5) is 0 Å². The number of aromatic nitrogens is 2. The third-order valence-corrected chi connectivity index (χ3v) is 5.57. The van der Waals surface area contributed by atoms with E-state index in [1.165, 1.54) is 6.42 Å². The molecule has 2 aliphatic rings. The molecule has 3 heterocycles. The van der Waals surface area contributed by atoms with Gasteiger partial charge in [-0.2, -0.15) is 4.98 Å². The smallest absolute Gasteiger partial charge is 0.228 e. The van der Waals surface area contributed by atoms with Gasteiger partial charge in [-0.1, -0.05) is 28.9 Å². The molecule has 4 rings (SSSR count). The highest BCUT2D eigenvalue weighted by Crippen LogP contribution is 2.19. The molecular formula is C21H27ClN6O. The molecular weight excluding hydrogens is 388 g/mol. The van der Waals surface area contributed by atoms with Crippen LogP contribution in [0.1, 0.15) is 19.2 Å². The van der Waals surface area contributed by atoms with Crippen LogP contribution in [0.15, 0.2) is 45.9 Å². The standard InChI is InChI=1S/C21H27ClN6O/c1-2-23-21(28-14-10-18(15-28)27-12-3-4-13-27)24-11-9-19-25-20(26-29-19)16-5-7-17(22)8-6-16/h3-8,18H,2,9-15H2,1H3,(H,23,24). The number of guanidine groups is 1. The van der Waals surface area contributed by atoms with Crippen molar-refractivity contribution in [3.8, 4) is 11.4 Å². The Labute approximate surface area is 176 Å². The van der Waals surface area contributed by atoms with Gasteiger partial charge in [-0.25, -0.2) is 0 Å². The maximum absolute atomic E-state index is 5.93. The fourth-order valence-corrected chi connectivity index (χ4v) is 3.91. The van der Waals surface area contributed by atoms with Gasteiger partial charge in [0.1, 0.15) is 0 Å². The first-order chi connectivity index (χ1) is 14.2. The van der Waals surface area contributed by atoms with Crippen LogP contribution < -0.4 is 5.32 Å². The molecule has 0 radical (unpaired) electrons. The van der Waals surface area contributed by atoms with Gasteiger partial charge in [0.25, 0.3) is 0 Å². The fourth-order valence-electron chi connectivity index (χ4n) is 3.78. The normalized spacial score (nSPS) is 20.0. The Morgan fingerprint density at radius 1 is 1.28 bits per heavy atom. The minimum absolute atomic E-state index is 0.578. The molecule has 0 saturated carbocycles. The minimum Gasteiger partial charge on any atom is -0.357 e. The largest absolute Gasteiger partial charge is 0.357 e. The van der Waals surface area contributed by atoms with Crippen molar-refractivity contribution in [3.05, 3.63) is 47.3 Å². The molecule has 1 fully saturated rings. The minimum atomic E-state index is 0.578. The molecule has 1 saturated heterocycles. The fraction of sp³-hybridized carbons (Fsp3) is 0.476. The number of likely N-dealkylation sites (tertiary alicyclic amines) is 1. The molecule has 0 amide bonds. The SMILES string of the molecule is CCNC(=NCCc1nc(-c2ccc(Cl)cc2)no1)N1CCC(N2CC=CC2)C1. The summed E-state index contributed by atoms with van der Waals surface area (Å²) >= 11 is 5.93. The lowest BCUT2D eigenvalue weighted by Gasteiger charge is -2.25. The van der Waals surface area contributed by atoms with Crippen LogP contribution in [-0.4, -0.2) is 71.2 Å². The molecule has 29 heavy (non-hydrogen) atoms. The van der Waals surface area contributed by atoms with E-state index >= 15 is 0 Å². The van der Waals surface area contributed by atoms with Crippen molar-refractivity contribution in [1.29, 1.82) is 0 Å². The Morgan fingerprint density at radius 3 is 2.83 bits per heavy atom. The molecule has 7 nitrogen and oxygen atoms in total. The summed E-state index contributed by atoms with van der Waals surface area (Å²) in [7, 11) is 0. The number of nitrogens with one attached hydrogen (secondary N) is 1. The maximum Gasteiger partial charge on any atom is 0.228 e. The van der Waals surface area contributed by atoms with Crippen molar-refractivity contribution >= 4 is 17.6 Å². The first kappa shape index (κ1) is 19.9. The maximum atomic E-state index is 5.93. The number of aliphatic imine (C=N–C) groups is 1. The third-order valence-electron chi connectivity index (χ3n) is 5.32. The first-order valence-corrected chi connectivity index (χ1v) is 10.6. The Bertz CT molecular complexity index is 854. The molecule has 0 spiro atoms. The van der Waals surface area contributed by atoms with Crippen molar-refractivity contribution in [2.24, 2.45) is 4.99 Å². The number of hydrogen-bond donors (Lipinski definition) is 1. The second-order valence-electron chi connectivity index (χ2n) is 7.32. The predicted octanol–water partition coefficient (Wildman–Crippen LogP) is 2.84. The molecule has 1 unspecified atom stereocenters. The van der Waals surface area contributed by atoms with Crippen LogP contribution in [0, 0.1) is 0 Å². The highest BCUT2D eigenvalue weighted by Gasteiger charge is 2.29. The van der Waals surface area contributed by atoms with E-state index in [0.717, 1.165) is 44.2 Å². The van der Waals surface area contributed by atoms with E-state index in [9.17, 15) is 0 Å². The molecule has 154 valence electrons. The number of rotatable bonds is 6. The monoisotopic (exact) mass is 414 g/mol. The van der Waals surface area contributed by atoms with E-state index in [2.05, 4.69) is 44.3 Å². The summed E-state index contributed by atoms with van der Waals surface area (Å²) in [6.07, 6.45) is 6.30. The van der Waals surface area contributed by atoms with Crippen LogP contribution >= 0.6 is 11.6 Å². The van der Waals surface area contributed by atoms with E-state index in [4.69, 9.17) is 21.1 Å². The van der Waals surface area contributed by atoms with Crippen LogP contribution in [0.2, 0.25) is 5.02 Å². The quantitative estimate of drug-likeness (QED) is 0.445. The van der Waals surface area contributed by atoms with E-state index in [1.807, 2.05) is 24.3 Å². The van der Waals surface area contributed by atoms with E-state index < -0.39 is 0 Å². The lowest BCUT2D eigenvalue weighted by atomic mass is 10.2. The number of benzene rings is 1. The Kier molecular flexibility index (Phi) is 6.46. The van der Waals surface area contributed by atoms with Gasteiger partial charge >= 0.3 is 0 Å². The summed E-state index contributed by atoms with van der Waals surface area (Å²) in [4.78, 5) is 14.2. The van der Waals surface area contributed by atoms with Gasteiger partial charge in [-0.15, -0.1) is 0 Å². The van der Waals surface area contributed by atoms with Crippen LogP contribution in [0.5, 0.6) is 0 Å². The van der Waals surface area contributed by atoms with Crippen LogP contribution in [0.25, 0.3) is 11.4 Å². The topological polar surface area (TPSA) is 69.8 Å². The summed E-state index contributed by atoms with van der Waals surface area (Å²) in [6.45, 7) is 7.76. The summed E-state index contributed by atoms with van der Waals surface area (Å²) in [5.41, 5.74) is 0.890. The zero-order valence-corrected chi connectivity index (χ0v) is 17.5. The number of nitrogens with zero attached hydrogens (tertiary/aromatic N) is 5. The highest BCUT2D eigenvalue weighted by atomic mass is 35.5. The van der Waals surface area contributed by atoms with Crippen LogP contribution in [0.3, 0.4) is 0 Å². The van der Waals surface area contributed by atoms with Crippen LogP contribution in [-0.2, 0) is 6.42 Å². The summed E-state index contributed by atoms with van der Waals surface area (Å²) in [5.74, 6) is 2.14. The number of halogens is 1. The van der Waals surface area contributed by atoms with E-state index in [0.29, 0.717) is 35.7 Å². The van der Waals surface area contributed by atoms with Crippen molar-refractivity contribution < 1.29 is 4.52 Å². The molecule has 2 aromatic rings. The second kappa shape index (κ2) is 9.41. The van der Waals surface area contributed by atoms with E-state index in [-0.39, 0.29) is 0 Å². The molecule has 8 heteroatoms. The molecule has 0 bridgehead atoms. The van der Waals surface area contributed by atoms with Gasteiger partial charge in [0, 0.05) is 55.8 Å². The van der Waals surface area contributed by atoms with E-state index in [1.54, 1.807) is 0 Å². The Hall–Kier alpha value is -2.38. The highest BCUT2D eigenvalue weighted by molar-refractivity contribution is 6.30. The molecule has 0 aliphatic carbocycles. The molecule has 1 N–H and O–H groups in total. The van der Waals surface area contributed by atoms with Crippen molar-refractivity contribution in [2.45, 2.75) is 25.8 Å². The average Bonchev–Trinajstić information content (AvgIpc) is 3.48. The third kappa shape index (κ3) is 4.97. The Balaban J connectivity index is 1.33. The van der Waals surface area contributed by atoms with Gasteiger partial charge < -0.3 is 14.7 Å². The van der Waals surface area contributed by atoms with Crippen molar-refractivity contribution in [1.82, 2.24) is 25.3 Å². The summed E-state index contributed by atoms with van der Waals surface area (Å²) < 4.78 is 5.39. The predicted molar refractivity (Wildman–Crippen MR) is 115 cm³/mol. The van der Waals surface area contributed by atoms with Gasteiger partial charge in [-0.3, -0.25) is 9.89 Å². The second-order valence-corrected chi connectivity index (χ2v) is 7.75. The average molecular weight is 415 g/mol. The zero-order valence-electron chi connectivity index (χ0n) is 16.7. The lowest BCUT2D eigenvalue weighted by Crippen LogP contribution is -2.43.